The summed E-state index contributed by atoms with van der Waals surface area (Å²) in [5.74, 6) is 0.824. The van der Waals surface area contributed by atoms with Gasteiger partial charge in [0, 0.05) is 5.56 Å². The van der Waals surface area contributed by atoms with Gasteiger partial charge >= 0.3 is 0 Å². The monoisotopic (exact) mass is 258 g/mol. The van der Waals surface area contributed by atoms with Crippen molar-refractivity contribution in [3.05, 3.63) is 34.4 Å². The molecule has 1 aliphatic rings. The number of Topliss-reactive ketones (excluding diaryl/α,β-unsaturated/α-hetero) is 1. The van der Waals surface area contributed by atoms with Gasteiger partial charge in [0.2, 0.25) is 0 Å². The third-order valence-electron chi connectivity index (χ3n) is 5.22. The Balaban J connectivity index is 2.75. The standard InChI is InChI=1S/C18H26O/c1-11-8-16-15(9-14(11)13(3)19)17(4,5)10-12(2)18(16,6)7/h8-9,12H,10H2,1-7H3/t12-/m1/s1. The van der Waals surface area contributed by atoms with Crippen molar-refractivity contribution < 1.29 is 4.79 Å². The number of hydrogen-bond acceptors (Lipinski definition) is 1. The molecule has 1 aromatic carbocycles. The van der Waals surface area contributed by atoms with Crippen molar-refractivity contribution in [3.63, 3.8) is 0 Å². The molecule has 1 nitrogen and oxygen atoms in total. The summed E-state index contributed by atoms with van der Waals surface area (Å²) in [5.41, 5.74) is 5.14. The third-order valence-corrected chi connectivity index (χ3v) is 5.22. The van der Waals surface area contributed by atoms with Gasteiger partial charge in [-0.1, -0.05) is 40.7 Å². The van der Waals surface area contributed by atoms with Crippen LogP contribution in [0.4, 0.5) is 0 Å². The molecule has 1 atom stereocenters. The SMILES string of the molecule is CC(=O)c1cc2c(cc1C)C(C)(C)[C@H](C)CC2(C)C. The molecule has 0 N–H and O–H groups in total. The lowest BCUT2D eigenvalue weighted by Gasteiger charge is -2.47. The second-order valence-corrected chi connectivity index (χ2v) is 7.48. The predicted octanol–water partition coefficient (Wildman–Crippen LogP) is 4.79. The number of rotatable bonds is 1. The van der Waals surface area contributed by atoms with Gasteiger partial charge in [-0.25, -0.2) is 0 Å². The normalized spacial score (nSPS) is 23.8. The summed E-state index contributed by atoms with van der Waals surface area (Å²) in [4.78, 5) is 11.8. The fourth-order valence-corrected chi connectivity index (χ4v) is 3.58. The van der Waals surface area contributed by atoms with E-state index < -0.39 is 0 Å². The van der Waals surface area contributed by atoms with Gasteiger partial charge in [-0.3, -0.25) is 4.79 Å². The Hall–Kier alpha value is -1.11. The first-order valence-corrected chi connectivity index (χ1v) is 7.24. The summed E-state index contributed by atoms with van der Waals surface area (Å²) in [6.45, 7) is 15.3. The van der Waals surface area contributed by atoms with Crippen LogP contribution in [0.25, 0.3) is 0 Å². The maximum absolute atomic E-state index is 11.8. The number of fused-ring (bicyclic) bond motifs is 1. The Morgan fingerprint density at radius 3 is 2.26 bits per heavy atom. The van der Waals surface area contributed by atoms with E-state index in [2.05, 4.69) is 53.7 Å². The first kappa shape index (κ1) is 14.3. The molecule has 0 radical (unpaired) electrons. The van der Waals surface area contributed by atoms with Gasteiger partial charge in [-0.15, -0.1) is 0 Å². The van der Waals surface area contributed by atoms with Crippen molar-refractivity contribution in [1.82, 2.24) is 0 Å². The summed E-state index contributed by atoms with van der Waals surface area (Å²) in [6.07, 6.45) is 1.17. The Bertz CT molecular complexity index is 535. The van der Waals surface area contributed by atoms with E-state index in [1.807, 2.05) is 0 Å². The number of carbonyl (C=O) groups excluding carboxylic acids is 1. The molecular formula is C18H26O. The van der Waals surface area contributed by atoms with Crippen LogP contribution in [-0.2, 0) is 10.8 Å². The molecule has 0 spiro atoms. The van der Waals surface area contributed by atoms with Crippen LogP contribution in [-0.4, -0.2) is 5.78 Å². The molecule has 0 aromatic heterocycles. The zero-order chi connectivity index (χ0) is 14.6. The molecule has 0 saturated carbocycles. The first-order chi connectivity index (χ1) is 8.57. The van der Waals surface area contributed by atoms with Crippen molar-refractivity contribution in [3.8, 4) is 0 Å². The van der Waals surface area contributed by atoms with Gasteiger partial charge in [0.25, 0.3) is 0 Å². The van der Waals surface area contributed by atoms with Crippen LogP contribution in [0.3, 0.4) is 0 Å². The fourth-order valence-electron chi connectivity index (χ4n) is 3.58. The summed E-state index contributed by atoms with van der Waals surface area (Å²) in [5, 5.41) is 0. The fraction of sp³-hybridized carbons (Fsp3) is 0.611. The van der Waals surface area contributed by atoms with Crippen molar-refractivity contribution >= 4 is 5.78 Å². The molecule has 1 aromatic rings. The lowest BCUT2D eigenvalue weighted by molar-refractivity contribution is 0.101. The molecule has 0 fully saturated rings. The average molecular weight is 258 g/mol. The highest BCUT2D eigenvalue weighted by Gasteiger charge is 2.42. The topological polar surface area (TPSA) is 17.1 Å². The zero-order valence-electron chi connectivity index (χ0n) is 13.3. The van der Waals surface area contributed by atoms with Crippen molar-refractivity contribution in [2.45, 2.75) is 65.7 Å². The Morgan fingerprint density at radius 2 is 1.74 bits per heavy atom. The lowest BCUT2D eigenvalue weighted by atomic mass is 9.58. The van der Waals surface area contributed by atoms with Gasteiger partial charge in [0.1, 0.15) is 0 Å². The lowest BCUT2D eigenvalue weighted by Crippen LogP contribution is -2.40. The molecule has 2 rings (SSSR count). The van der Waals surface area contributed by atoms with Gasteiger partial charge in [-0.2, -0.15) is 0 Å². The molecule has 104 valence electrons. The van der Waals surface area contributed by atoms with Crippen LogP contribution < -0.4 is 0 Å². The molecule has 0 heterocycles. The largest absolute Gasteiger partial charge is 0.295 e. The molecule has 0 unspecified atom stereocenters. The molecule has 0 saturated heterocycles. The molecular weight excluding hydrogens is 232 g/mol. The quantitative estimate of drug-likeness (QED) is 0.662. The van der Waals surface area contributed by atoms with Crippen molar-refractivity contribution in [2.75, 3.05) is 0 Å². The Labute approximate surface area is 117 Å². The number of carbonyl (C=O) groups is 1. The van der Waals surface area contributed by atoms with Crippen LogP contribution in [0.2, 0.25) is 0 Å². The summed E-state index contributed by atoms with van der Waals surface area (Å²) in [6, 6.07) is 4.41. The maximum atomic E-state index is 11.8. The average Bonchev–Trinajstić information content (AvgIpc) is 2.25. The van der Waals surface area contributed by atoms with Crippen molar-refractivity contribution in [2.24, 2.45) is 5.92 Å². The van der Waals surface area contributed by atoms with E-state index in [0.717, 1.165) is 11.1 Å². The van der Waals surface area contributed by atoms with Gasteiger partial charge in [0.05, 0.1) is 0 Å². The molecule has 19 heavy (non-hydrogen) atoms. The van der Waals surface area contributed by atoms with Crippen LogP contribution >= 0.6 is 0 Å². The van der Waals surface area contributed by atoms with Crippen LogP contribution in [0.1, 0.15) is 75.0 Å². The number of ketones is 1. The van der Waals surface area contributed by atoms with E-state index in [0.29, 0.717) is 5.92 Å². The molecule has 1 aliphatic carbocycles. The van der Waals surface area contributed by atoms with E-state index in [1.54, 1.807) is 6.92 Å². The highest BCUT2D eigenvalue weighted by molar-refractivity contribution is 5.96. The second-order valence-electron chi connectivity index (χ2n) is 7.48. The third kappa shape index (κ3) is 2.13. The summed E-state index contributed by atoms with van der Waals surface area (Å²) in [7, 11) is 0. The molecule has 1 heteroatoms. The highest BCUT2D eigenvalue weighted by Crippen LogP contribution is 2.49. The first-order valence-electron chi connectivity index (χ1n) is 7.24. The number of aryl methyl sites for hydroxylation is 1. The zero-order valence-corrected chi connectivity index (χ0v) is 13.3. The molecule has 0 amide bonds. The molecule has 0 bridgehead atoms. The second kappa shape index (κ2) is 4.19. The Morgan fingerprint density at radius 1 is 1.16 bits per heavy atom. The summed E-state index contributed by atoms with van der Waals surface area (Å²) < 4.78 is 0. The minimum atomic E-state index is 0.155. The maximum Gasteiger partial charge on any atom is 0.160 e. The van der Waals surface area contributed by atoms with Crippen molar-refractivity contribution in [1.29, 1.82) is 0 Å². The van der Waals surface area contributed by atoms with E-state index in [1.165, 1.54) is 17.5 Å². The van der Waals surface area contributed by atoms with E-state index >= 15 is 0 Å². The Kier molecular flexibility index (Phi) is 3.16. The van der Waals surface area contributed by atoms with E-state index in [9.17, 15) is 4.79 Å². The molecule has 0 aliphatic heterocycles. The predicted molar refractivity (Wildman–Crippen MR) is 81.0 cm³/mol. The van der Waals surface area contributed by atoms with Crippen LogP contribution in [0.15, 0.2) is 12.1 Å². The van der Waals surface area contributed by atoms with Gasteiger partial charge in [-0.05, 0) is 59.8 Å². The van der Waals surface area contributed by atoms with Crippen LogP contribution in [0.5, 0.6) is 0 Å². The minimum absolute atomic E-state index is 0.155. The number of hydrogen-bond donors (Lipinski definition) is 0. The summed E-state index contributed by atoms with van der Waals surface area (Å²) >= 11 is 0. The van der Waals surface area contributed by atoms with Gasteiger partial charge in [0.15, 0.2) is 5.78 Å². The highest BCUT2D eigenvalue weighted by atomic mass is 16.1. The van der Waals surface area contributed by atoms with Crippen LogP contribution in [0, 0.1) is 12.8 Å². The minimum Gasteiger partial charge on any atom is -0.295 e. The number of benzene rings is 1. The van der Waals surface area contributed by atoms with E-state index in [4.69, 9.17) is 0 Å². The van der Waals surface area contributed by atoms with E-state index in [-0.39, 0.29) is 16.6 Å². The smallest absolute Gasteiger partial charge is 0.160 e. The van der Waals surface area contributed by atoms with Gasteiger partial charge < -0.3 is 0 Å².